The molecule has 3 aliphatic rings. The molecule has 1 aliphatic heterocycles. The molecular formula is C24H25ClFN5O3. The molecule has 10 heteroatoms. The molecule has 3 fully saturated rings. The third kappa shape index (κ3) is 4.73. The monoisotopic (exact) mass is 485 g/mol. The van der Waals surface area contributed by atoms with E-state index in [0.29, 0.717) is 29.7 Å². The van der Waals surface area contributed by atoms with Gasteiger partial charge in [0.2, 0.25) is 11.8 Å². The summed E-state index contributed by atoms with van der Waals surface area (Å²) < 4.78 is 13.6. The maximum Gasteiger partial charge on any atom is 0.268 e. The molecule has 2 aliphatic carbocycles. The third-order valence-corrected chi connectivity index (χ3v) is 7.32. The Morgan fingerprint density at radius 1 is 1.24 bits per heavy atom. The summed E-state index contributed by atoms with van der Waals surface area (Å²) in [5.41, 5.74) is 0.495. The first-order valence-electron chi connectivity index (χ1n) is 11.6. The van der Waals surface area contributed by atoms with E-state index in [4.69, 9.17) is 11.6 Å². The Labute approximate surface area is 200 Å². The van der Waals surface area contributed by atoms with E-state index >= 15 is 0 Å². The second kappa shape index (κ2) is 8.58. The first kappa shape index (κ1) is 22.7. The number of aromatic nitrogens is 1. The minimum absolute atomic E-state index is 0.0660. The zero-order valence-electron chi connectivity index (χ0n) is 18.4. The number of halogens is 2. The molecule has 3 unspecified atom stereocenters. The Hall–Kier alpha value is -3.12. The van der Waals surface area contributed by atoms with Gasteiger partial charge in [-0.25, -0.2) is 4.39 Å². The fourth-order valence-electron chi connectivity index (χ4n) is 4.79. The van der Waals surface area contributed by atoms with Crippen molar-refractivity contribution < 1.29 is 18.8 Å². The number of rotatable bonds is 8. The van der Waals surface area contributed by atoms with Gasteiger partial charge in [-0.05, 0) is 56.2 Å². The van der Waals surface area contributed by atoms with Gasteiger partial charge in [-0.2, -0.15) is 5.26 Å². The Bertz CT molecular complexity index is 1210. The maximum absolute atomic E-state index is 13.6. The standard InChI is InChI=1S/C24H25ClFN5O3/c25-17-9-15(26)6-13-8-19(29-20(13)17)23(34)30-18(5-12-1-2-12)22(33)28-16(11-27)7-14-10-24(3-4-24)31-21(14)32/h6,8-9,12,14,16,18,29H,1-5,7,10H2,(H,28,33)(H,30,34)(H,31,32). The van der Waals surface area contributed by atoms with Crippen LogP contribution in [0.2, 0.25) is 5.02 Å². The van der Waals surface area contributed by atoms with Gasteiger partial charge in [0.05, 0.1) is 16.6 Å². The lowest BCUT2D eigenvalue weighted by molar-refractivity contribution is -0.125. The summed E-state index contributed by atoms with van der Waals surface area (Å²) in [6.07, 6.45) is 5.26. The number of nitrogens with zero attached hydrogens (tertiary/aromatic N) is 1. The highest BCUT2D eigenvalue weighted by atomic mass is 35.5. The molecule has 178 valence electrons. The van der Waals surface area contributed by atoms with E-state index in [-0.39, 0.29) is 34.5 Å². The number of amides is 3. The molecule has 1 spiro atoms. The van der Waals surface area contributed by atoms with Gasteiger partial charge in [-0.3, -0.25) is 14.4 Å². The lowest BCUT2D eigenvalue weighted by Crippen LogP contribution is -2.50. The van der Waals surface area contributed by atoms with Crippen LogP contribution in [0.1, 0.15) is 55.4 Å². The fourth-order valence-corrected chi connectivity index (χ4v) is 5.05. The molecule has 8 nitrogen and oxygen atoms in total. The van der Waals surface area contributed by atoms with E-state index in [2.05, 4.69) is 27.0 Å². The predicted molar refractivity (Wildman–Crippen MR) is 122 cm³/mol. The highest BCUT2D eigenvalue weighted by molar-refractivity contribution is 6.35. The summed E-state index contributed by atoms with van der Waals surface area (Å²) in [6, 6.07) is 4.33. The first-order chi connectivity index (χ1) is 16.2. The number of nitriles is 1. The third-order valence-electron chi connectivity index (χ3n) is 7.02. The van der Waals surface area contributed by atoms with Gasteiger partial charge in [-0.1, -0.05) is 24.4 Å². The molecule has 0 bridgehead atoms. The molecular weight excluding hydrogens is 461 g/mol. The molecule has 4 N–H and O–H groups in total. The van der Waals surface area contributed by atoms with Crippen LogP contribution in [0.15, 0.2) is 18.2 Å². The summed E-state index contributed by atoms with van der Waals surface area (Å²) in [5, 5.41) is 18.7. The number of carbonyl (C=O) groups is 3. The van der Waals surface area contributed by atoms with E-state index in [0.717, 1.165) is 31.7 Å². The minimum Gasteiger partial charge on any atom is -0.350 e. The quantitative estimate of drug-likeness (QED) is 0.458. The van der Waals surface area contributed by atoms with Crippen molar-refractivity contribution in [2.45, 2.75) is 62.6 Å². The summed E-state index contributed by atoms with van der Waals surface area (Å²) >= 11 is 6.06. The Kier molecular flexibility index (Phi) is 5.72. The van der Waals surface area contributed by atoms with E-state index in [9.17, 15) is 24.0 Å². The highest BCUT2D eigenvalue weighted by Crippen LogP contribution is 2.46. The zero-order chi connectivity index (χ0) is 24.0. The number of aromatic amines is 1. The summed E-state index contributed by atoms with van der Waals surface area (Å²) in [5.74, 6) is -1.53. The first-order valence-corrected chi connectivity index (χ1v) is 11.9. The molecule has 1 aromatic carbocycles. The van der Waals surface area contributed by atoms with Gasteiger partial charge in [0.1, 0.15) is 23.6 Å². The van der Waals surface area contributed by atoms with E-state index in [1.807, 2.05) is 0 Å². The highest BCUT2D eigenvalue weighted by Gasteiger charge is 2.52. The number of hydrogen-bond donors (Lipinski definition) is 4. The topological polar surface area (TPSA) is 127 Å². The SMILES string of the molecule is N#CC(CC1CC2(CC2)NC1=O)NC(=O)C(CC1CC1)NC(=O)c1cc2cc(F)cc(Cl)c2[nH]1. The number of hydrogen-bond acceptors (Lipinski definition) is 4. The zero-order valence-corrected chi connectivity index (χ0v) is 19.2. The molecule has 3 amide bonds. The number of fused-ring (bicyclic) bond motifs is 1. The molecule has 5 rings (SSSR count). The second-order valence-electron chi connectivity index (χ2n) is 9.84. The van der Waals surface area contributed by atoms with Crippen LogP contribution in [0.5, 0.6) is 0 Å². The number of H-pyrrole nitrogens is 1. The average Bonchev–Trinajstić information content (AvgIpc) is 3.68. The second-order valence-corrected chi connectivity index (χ2v) is 10.2. The molecule has 3 atom stereocenters. The molecule has 34 heavy (non-hydrogen) atoms. The summed E-state index contributed by atoms with van der Waals surface area (Å²) in [7, 11) is 0. The minimum atomic E-state index is -0.832. The van der Waals surface area contributed by atoms with Crippen molar-refractivity contribution in [3.63, 3.8) is 0 Å². The maximum atomic E-state index is 13.6. The Morgan fingerprint density at radius 3 is 2.65 bits per heavy atom. The van der Waals surface area contributed by atoms with Crippen LogP contribution >= 0.6 is 11.6 Å². The number of nitrogens with one attached hydrogen (secondary N) is 4. The molecule has 2 heterocycles. The van der Waals surface area contributed by atoms with Gasteiger partial charge in [0, 0.05) is 16.8 Å². The van der Waals surface area contributed by atoms with E-state index < -0.39 is 29.7 Å². The predicted octanol–water partition coefficient (Wildman–Crippen LogP) is 2.93. The summed E-state index contributed by atoms with van der Waals surface area (Å²) in [6.45, 7) is 0. The van der Waals surface area contributed by atoms with Crippen LogP contribution in [-0.4, -0.2) is 40.3 Å². The molecule has 0 radical (unpaired) electrons. The molecule has 2 aromatic rings. The Balaban J connectivity index is 1.26. The van der Waals surface area contributed by atoms with E-state index in [1.165, 1.54) is 12.1 Å². The summed E-state index contributed by atoms with van der Waals surface area (Å²) in [4.78, 5) is 41.1. The van der Waals surface area contributed by atoms with Crippen LogP contribution in [0.4, 0.5) is 4.39 Å². The van der Waals surface area contributed by atoms with Crippen molar-refractivity contribution in [2.24, 2.45) is 11.8 Å². The normalized spacial score (nSPS) is 22.1. The lowest BCUT2D eigenvalue weighted by atomic mass is 9.95. The molecule has 1 saturated heterocycles. The number of carbonyl (C=O) groups excluding carboxylic acids is 3. The van der Waals surface area contributed by atoms with Crippen LogP contribution in [0.25, 0.3) is 10.9 Å². The fraction of sp³-hybridized carbons (Fsp3) is 0.500. The smallest absolute Gasteiger partial charge is 0.268 e. The van der Waals surface area contributed by atoms with Crippen molar-refractivity contribution in [3.05, 3.63) is 34.7 Å². The van der Waals surface area contributed by atoms with Crippen LogP contribution in [0, 0.1) is 29.0 Å². The van der Waals surface area contributed by atoms with Crippen molar-refractivity contribution in [2.75, 3.05) is 0 Å². The number of benzene rings is 1. The Morgan fingerprint density at radius 2 is 2.00 bits per heavy atom. The van der Waals surface area contributed by atoms with Crippen molar-refractivity contribution in [3.8, 4) is 6.07 Å². The van der Waals surface area contributed by atoms with Crippen LogP contribution < -0.4 is 16.0 Å². The average molecular weight is 486 g/mol. The van der Waals surface area contributed by atoms with Gasteiger partial charge >= 0.3 is 0 Å². The van der Waals surface area contributed by atoms with Crippen molar-refractivity contribution in [1.29, 1.82) is 5.26 Å². The van der Waals surface area contributed by atoms with Crippen molar-refractivity contribution in [1.82, 2.24) is 20.9 Å². The van der Waals surface area contributed by atoms with Gasteiger partial charge in [-0.15, -0.1) is 0 Å². The molecule has 2 saturated carbocycles. The van der Waals surface area contributed by atoms with Gasteiger partial charge < -0.3 is 20.9 Å². The van der Waals surface area contributed by atoms with Crippen LogP contribution in [-0.2, 0) is 9.59 Å². The largest absolute Gasteiger partial charge is 0.350 e. The lowest BCUT2D eigenvalue weighted by Gasteiger charge is -2.21. The van der Waals surface area contributed by atoms with Crippen LogP contribution in [0.3, 0.4) is 0 Å². The molecule has 1 aromatic heterocycles. The van der Waals surface area contributed by atoms with Gasteiger partial charge in [0.15, 0.2) is 0 Å². The van der Waals surface area contributed by atoms with Gasteiger partial charge in [0.25, 0.3) is 5.91 Å². The van der Waals surface area contributed by atoms with E-state index in [1.54, 1.807) is 0 Å². The van der Waals surface area contributed by atoms with Crippen molar-refractivity contribution >= 4 is 40.2 Å².